The number of aromatic nitrogens is 2. The van der Waals surface area contributed by atoms with Crippen LogP contribution in [0.4, 0.5) is 0 Å². The molecule has 6 nitrogen and oxygen atoms in total. The summed E-state index contributed by atoms with van der Waals surface area (Å²) in [6.07, 6.45) is 7.88. The molecule has 1 aliphatic rings. The van der Waals surface area contributed by atoms with Gasteiger partial charge < -0.3 is 15.2 Å². The number of para-hydroxylation sites is 2. The largest absolute Gasteiger partial charge is 0.356 e. The first-order valence-corrected chi connectivity index (χ1v) is 10.2. The highest BCUT2D eigenvalue weighted by molar-refractivity contribution is 5.81. The lowest BCUT2D eigenvalue weighted by Gasteiger charge is -2.23. The number of hydrogen-bond donors (Lipinski definition) is 2. The Hall–Kier alpha value is -2.37. The van der Waals surface area contributed by atoms with Gasteiger partial charge in [-0.2, -0.15) is 0 Å². The van der Waals surface area contributed by atoms with Crippen LogP contribution < -0.4 is 10.6 Å². The number of amides is 2. The summed E-state index contributed by atoms with van der Waals surface area (Å²) < 4.78 is 2.02. The Labute approximate surface area is 160 Å². The fourth-order valence-electron chi connectivity index (χ4n) is 3.76. The standard InChI is InChI=1S/C21H30N4O2/c1-2-20(26)22-14-8-13-19-24-17-11-6-7-12-18(17)25(19)15-21(27)23-16-9-4-3-5-10-16/h6-7,11-12,16H,2-5,8-10,13-15H2,1H3,(H,22,26)(H,23,27). The van der Waals surface area contributed by atoms with Gasteiger partial charge in [0, 0.05) is 25.4 Å². The second-order valence-corrected chi connectivity index (χ2v) is 7.31. The molecule has 0 unspecified atom stereocenters. The normalized spacial score (nSPS) is 15.0. The van der Waals surface area contributed by atoms with E-state index in [4.69, 9.17) is 4.98 Å². The first kappa shape index (κ1) is 19.4. The molecular formula is C21H30N4O2. The fourth-order valence-corrected chi connectivity index (χ4v) is 3.76. The number of fused-ring (bicyclic) bond motifs is 1. The van der Waals surface area contributed by atoms with E-state index in [-0.39, 0.29) is 11.8 Å². The van der Waals surface area contributed by atoms with Crippen LogP contribution in [0.15, 0.2) is 24.3 Å². The summed E-state index contributed by atoms with van der Waals surface area (Å²) in [5.74, 6) is 1.03. The van der Waals surface area contributed by atoms with Crippen LogP contribution in [-0.4, -0.2) is 34.0 Å². The third kappa shape index (κ3) is 5.31. The molecule has 2 amide bonds. The Morgan fingerprint density at radius 1 is 1.15 bits per heavy atom. The molecule has 0 radical (unpaired) electrons. The molecule has 2 N–H and O–H groups in total. The van der Waals surface area contributed by atoms with E-state index in [2.05, 4.69) is 10.6 Å². The summed E-state index contributed by atoms with van der Waals surface area (Å²) in [5.41, 5.74) is 1.90. The van der Waals surface area contributed by atoms with E-state index in [1.54, 1.807) is 0 Å². The lowest BCUT2D eigenvalue weighted by Crippen LogP contribution is -2.38. The Balaban J connectivity index is 1.66. The summed E-state index contributed by atoms with van der Waals surface area (Å²) in [4.78, 5) is 28.7. The quantitative estimate of drug-likeness (QED) is 0.702. The van der Waals surface area contributed by atoms with Gasteiger partial charge in [0.05, 0.1) is 11.0 Å². The number of benzene rings is 1. The van der Waals surface area contributed by atoms with Crippen LogP contribution >= 0.6 is 0 Å². The van der Waals surface area contributed by atoms with Gasteiger partial charge in [0.15, 0.2) is 0 Å². The lowest BCUT2D eigenvalue weighted by atomic mass is 9.95. The summed E-state index contributed by atoms with van der Waals surface area (Å²) in [7, 11) is 0. The molecule has 0 atom stereocenters. The van der Waals surface area contributed by atoms with Gasteiger partial charge >= 0.3 is 0 Å². The molecule has 0 spiro atoms. The minimum absolute atomic E-state index is 0.0607. The zero-order valence-corrected chi connectivity index (χ0v) is 16.2. The van der Waals surface area contributed by atoms with Crippen molar-refractivity contribution in [3.05, 3.63) is 30.1 Å². The molecule has 27 heavy (non-hydrogen) atoms. The molecule has 1 aromatic carbocycles. The number of imidazole rings is 1. The number of hydrogen-bond acceptors (Lipinski definition) is 3. The highest BCUT2D eigenvalue weighted by atomic mass is 16.2. The van der Waals surface area contributed by atoms with Crippen molar-refractivity contribution in [1.82, 2.24) is 20.2 Å². The van der Waals surface area contributed by atoms with Crippen LogP contribution in [0.2, 0.25) is 0 Å². The number of rotatable bonds is 8. The summed E-state index contributed by atoms with van der Waals surface area (Å²) in [6.45, 7) is 2.78. The lowest BCUT2D eigenvalue weighted by molar-refractivity contribution is -0.122. The first-order chi connectivity index (χ1) is 13.2. The van der Waals surface area contributed by atoms with Gasteiger partial charge in [0.1, 0.15) is 12.4 Å². The van der Waals surface area contributed by atoms with E-state index in [1.165, 1.54) is 19.3 Å². The molecule has 0 bridgehead atoms. The SMILES string of the molecule is CCC(=O)NCCCc1nc2ccccc2n1CC(=O)NC1CCCCC1. The Morgan fingerprint density at radius 3 is 2.70 bits per heavy atom. The van der Waals surface area contributed by atoms with Crippen molar-refractivity contribution in [2.24, 2.45) is 0 Å². The van der Waals surface area contributed by atoms with Crippen LogP contribution in [0, 0.1) is 0 Å². The van der Waals surface area contributed by atoms with E-state index < -0.39 is 0 Å². The van der Waals surface area contributed by atoms with Crippen molar-refractivity contribution >= 4 is 22.8 Å². The van der Waals surface area contributed by atoms with Crippen LogP contribution in [-0.2, 0) is 22.6 Å². The van der Waals surface area contributed by atoms with Gasteiger partial charge in [-0.1, -0.05) is 38.3 Å². The van der Waals surface area contributed by atoms with E-state index in [9.17, 15) is 9.59 Å². The molecule has 6 heteroatoms. The van der Waals surface area contributed by atoms with Crippen molar-refractivity contribution in [2.75, 3.05) is 6.54 Å². The predicted octanol–water partition coefficient (Wildman–Crippen LogP) is 2.94. The number of carbonyl (C=O) groups is 2. The monoisotopic (exact) mass is 370 g/mol. The number of nitrogens with one attached hydrogen (secondary N) is 2. The van der Waals surface area contributed by atoms with Crippen LogP contribution in [0.5, 0.6) is 0 Å². The molecule has 1 heterocycles. The molecule has 2 aromatic rings. The highest BCUT2D eigenvalue weighted by Crippen LogP contribution is 2.19. The van der Waals surface area contributed by atoms with Gasteiger partial charge in [0.25, 0.3) is 0 Å². The van der Waals surface area contributed by atoms with Gasteiger partial charge in [0.2, 0.25) is 11.8 Å². The van der Waals surface area contributed by atoms with Crippen LogP contribution in [0.25, 0.3) is 11.0 Å². The van der Waals surface area contributed by atoms with Crippen molar-refractivity contribution in [3.63, 3.8) is 0 Å². The minimum Gasteiger partial charge on any atom is -0.356 e. The maximum Gasteiger partial charge on any atom is 0.240 e. The van der Waals surface area contributed by atoms with Gasteiger partial charge in [-0.05, 0) is 31.4 Å². The maximum atomic E-state index is 12.6. The number of carbonyl (C=O) groups excluding carboxylic acids is 2. The molecule has 3 rings (SSSR count). The van der Waals surface area contributed by atoms with Crippen molar-refractivity contribution in [1.29, 1.82) is 0 Å². The minimum atomic E-state index is 0.0607. The number of aryl methyl sites for hydroxylation is 1. The second kappa shape index (κ2) is 9.53. The van der Waals surface area contributed by atoms with Crippen molar-refractivity contribution < 1.29 is 9.59 Å². The Bertz CT molecular complexity index is 778. The van der Waals surface area contributed by atoms with E-state index in [0.29, 0.717) is 25.6 Å². The molecule has 0 saturated heterocycles. The molecule has 1 aromatic heterocycles. The van der Waals surface area contributed by atoms with Crippen LogP contribution in [0.3, 0.4) is 0 Å². The number of nitrogens with zero attached hydrogens (tertiary/aromatic N) is 2. The van der Waals surface area contributed by atoms with E-state index >= 15 is 0 Å². The van der Waals surface area contributed by atoms with E-state index in [1.807, 2.05) is 35.8 Å². The Kier molecular flexibility index (Phi) is 6.85. The summed E-state index contributed by atoms with van der Waals surface area (Å²) >= 11 is 0. The summed E-state index contributed by atoms with van der Waals surface area (Å²) in [6, 6.07) is 8.25. The van der Waals surface area contributed by atoms with Crippen LogP contribution in [0.1, 0.15) is 57.7 Å². The highest BCUT2D eigenvalue weighted by Gasteiger charge is 2.18. The van der Waals surface area contributed by atoms with Crippen molar-refractivity contribution in [2.45, 2.75) is 70.9 Å². The van der Waals surface area contributed by atoms with Gasteiger partial charge in [-0.15, -0.1) is 0 Å². The maximum absolute atomic E-state index is 12.6. The topological polar surface area (TPSA) is 76.0 Å². The molecule has 1 saturated carbocycles. The zero-order valence-electron chi connectivity index (χ0n) is 16.2. The predicted molar refractivity (Wildman–Crippen MR) is 106 cm³/mol. The van der Waals surface area contributed by atoms with E-state index in [0.717, 1.165) is 42.5 Å². The van der Waals surface area contributed by atoms with Crippen molar-refractivity contribution in [3.8, 4) is 0 Å². The smallest absolute Gasteiger partial charge is 0.240 e. The average Bonchev–Trinajstić information content (AvgIpc) is 3.03. The third-order valence-corrected chi connectivity index (χ3v) is 5.23. The first-order valence-electron chi connectivity index (χ1n) is 10.2. The zero-order chi connectivity index (χ0) is 19.1. The van der Waals surface area contributed by atoms with Gasteiger partial charge in [-0.3, -0.25) is 9.59 Å². The van der Waals surface area contributed by atoms with Gasteiger partial charge in [-0.25, -0.2) is 4.98 Å². The third-order valence-electron chi connectivity index (χ3n) is 5.23. The molecule has 1 aliphatic carbocycles. The molecule has 1 fully saturated rings. The molecule has 146 valence electrons. The average molecular weight is 370 g/mol. The summed E-state index contributed by atoms with van der Waals surface area (Å²) in [5, 5.41) is 6.09. The Morgan fingerprint density at radius 2 is 1.93 bits per heavy atom. The molecule has 0 aliphatic heterocycles. The molecular weight excluding hydrogens is 340 g/mol. The fraction of sp³-hybridized carbons (Fsp3) is 0.571. The second-order valence-electron chi connectivity index (χ2n) is 7.31.